The molecule has 0 aromatic heterocycles. The van der Waals surface area contributed by atoms with Crippen molar-refractivity contribution >= 4 is 11.6 Å². The Balaban J connectivity index is 1.98. The Kier molecular flexibility index (Phi) is 6.64. The summed E-state index contributed by atoms with van der Waals surface area (Å²) in [6.45, 7) is 9.48. The van der Waals surface area contributed by atoms with E-state index in [2.05, 4.69) is 56.5 Å². The second kappa shape index (κ2) is 8.49. The highest BCUT2D eigenvalue weighted by molar-refractivity contribution is 5.92. The summed E-state index contributed by atoms with van der Waals surface area (Å²) in [4.78, 5) is 12.4. The van der Waals surface area contributed by atoms with Crippen LogP contribution < -0.4 is 10.6 Å². The first-order valence-corrected chi connectivity index (χ1v) is 9.15. The maximum absolute atomic E-state index is 12.4. The predicted molar refractivity (Wildman–Crippen MR) is 98.1 cm³/mol. The molecule has 2 N–H and O–H groups in total. The summed E-state index contributed by atoms with van der Waals surface area (Å²) in [6.07, 6.45) is 5.71. The highest BCUT2D eigenvalue weighted by Gasteiger charge is 2.17. The van der Waals surface area contributed by atoms with E-state index in [1.54, 1.807) is 0 Å². The predicted octanol–water partition coefficient (Wildman–Crippen LogP) is 4.79. The van der Waals surface area contributed by atoms with E-state index in [0.29, 0.717) is 24.3 Å². The van der Waals surface area contributed by atoms with E-state index in [1.807, 2.05) is 0 Å². The SMILES string of the molecule is CC(C)c1cccc(C(C)C)c1NC(=O)CCNC1CCCC1. The number of carbonyl (C=O) groups is 1. The smallest absolute Gasteiger partial charge is 0.225 e. The molecule has 0 aliphatic heterocycles. The molecule has 0 spiro atoms. The maximum atomic E-state index is 12.4. The van der Waals surface area contributed by atoms with Crippen molar-refractivity contribution in [3.05, 3.63) is 29.3 Å². The average Bonchev–Trinajstić information content (AvgIpc) is 3.00. The van der Waals surface area contributed by atoms with Gasteiger partial charge in [0.05, 0.1) is 0 Å². The third-order valence-electron chi connectivity index (χ3n) is 4.78. The van der Waals surface area contributed by atoms with Crippen LogP contribution in [0.5, 0.6) is 0 Å². The number of hydrogen-bond donors (Lipinski definition) is 2. The summed E-state index contributed by atoms with van der Waals surface area (Å²) in [5.74, 6) is 0.923. The molecular formula is C20H32N2O. The molecule has 1 aliphatic rings. The fourth-order valence-corrected chi connectivity index (χ4v) is 3.42. The van der Waals surface area contributed by atoms with Crippen molar-refractivity contribution in [1.82, 2.24) is 5.32 Å². The van der Waals surface area contributed by atoms with Crippen molar-refractivity contribution in [2.75, 3.05) is 11.9 Å². The monoisotopic (exact) mass is 316 g/mol. The van der Waals surface area contributed by atoms with E-state index in [-0.39, 0.29) is 5.91 Å². The van der Waals surface area contributed by atoms with Crippen molar-refractivity contribution in [2.45, 2.75) is 77.7 Å². The van der Waals surface area contributed by atoms with Gasteiger partial charge in [-0.3, -0.25) is 4.79 Å². The zero-order chi connectivity index (χ0) is 16.8. The van der Waals surface area contributed by atoms with Crippen LogP contribution in [0.2, 0.25) is 0 Å². The quantitative estimate of drug-likeness (QED) is 0.759. The van der Waals surface area contributed by atoms with Crippen LogP contribution in [0.1, 0.15) is 82.8 Å². The number of hydrogen-bond acceptors (Lipinski definition) is 2. The first-order valence-electron chi connectivity index (χ1n) is 9.15. The lowest BCUT2D eigenvalue weighted by Gasteiger charge is -2.20. The fraction of sp³-hybridized carbons (Fsp3) is 0.650. The molecule has 23 heavy (non-hydrogen) atoms. The lowest BCUT2D eigenvalue weighted by atomic mass is 9.92. The van der Waals surface area contributed by atoms with Crippen molar-refractivity contribution in [1.29, 1.82) is 0 Å². The lowest BCUT2D eigenvalue weighted by Crippen LogP contribution is -2.29. The number of amides is 1. The fourth-order valence-electron chi connectivity index (χ4n) is 3.42. The third-order valence-corrected chi connectivity index (χ3v) is 4.78. The van der Waals surface area contributed by atoms with Gasteiger partial charge in [-0.2, -0.15) is 0 Å². The van der Waals surface area contributed by atoms with Gasteiger partial charge in [-0.05, 0) is 35.8 Å². The van der Waals surface area contributed by atoms with Crippen molar-refractivity contribution < 1.29 is 4.79 Å². The van der Waals surface area contributed by atoms with Gasteiger partial charge in [0.15, 0.2) is 0 Å². The number of para-hydroxylation sites is 1. The molecule has 0 bridgehead atoms. The van der Waals surface area contributed by atoms with E-state index in [0.717, 1.165) is 12.2 Å². The number of nitrogens with one attached hydrogen (secondary N) is 2. The third kappa shape index (κ3) is 5.07. The molecule has 1 fully saturated rings. The van der Waals surface area contributed by atoms with E-state index in [1.165, 1.54) is 36.8 Å². The molecule has 1 saturated carbocycles. The Labute approximate surface area is 141 Å². The van der Waals surface area contributed by atoms with Gasteiger partial charge >= 0.3 is 0 Å². The Morgan fingerprint density at radius 1 is 1.09 bits per heavy atom. The Bertz CT molecular complexity index is 490. The molecule has 1 aromatic rings. The van der Waals surface area contributed by atoms with Gasteiger partial charge in [-0.15, -0.1) is 0 Å². The second-order valence-corrected chi connectivity index (χ2v) is 7.35. The molecule has 0 unspecified atom stereocenters. The highest BCUT2D eigenvalue weighted by Crippen LogP contribution is 2.32. The van der Waals surface area contributed by atoms with Crippen LogP contribution in [-0.2, 0) is 4.79 Å². The molecule has 1 aromatic carbocycles. The van der Waals surface area contributed by atoms with E-state index < -0.39 is 0 Å². The van der Waals surface area contributed by atoms with Gasteiger partial charge in [-0.1, -0.05) is 58.7 Å². The normalized spacial score (nSPS) is 15.6. The minimum atomic E-state index is 0.116. The van der Waals surface area contributed by atoms with Gasteiger partial charge in [0.2, 0.25) is 5.91 Å². The van der Waals surface area contributed by atoms with Gasteiger partial charge in [0.25, 0.3) is 0 Å². The molecule has 1 aliphatic carbocycles. The summed E-state index contributed by atoms with van der Waals surface area (Å²) in [5.41, 5.74) is 3.49. The second-order valence-electron chi connectivity index (χ2n) is 7.35. The summed E-state index contributed by atoms with van der Waals surface area (Å²) in [5, 5.41) is 6.70. The summed E-state index contributed by atoms with van der Waals surface area (Å²) < 4.78 is 0. The van der Waals surface area contributed by atoms with Crippen LogP contribution in [0.4, 0.5) is 5.69 Å². The maximum Gasteiger partial charge on any atom is 0.225 e. The van der Waals surface area contributed by atoms with Crippen molar-refractivity contribution in [3.8, 4) is 0 Å². The van der Waals surface area contributed by atoms with Crippen LogP contribution >= 0.6 is 0 Å². The van der Waals surface area contributed by atoms with Crippen molar-refractivity contribution in [2.24, 2.45) is 0 Å². The summed E-state index contributed by atoms with van der Waals surface area (Å²) >= 11 is 0. The average molecular weight is 316 g/mol. The molecule has 3 nitrogen and oxygen atoms in total. The van der Waals surface area contributed by atoms with Crippen LogP contribution in [0.25, 0.3) is 0 Å². The Morgan fingerprint density at radius 3 is 2.17 bits per heavy atom. The van der Waals surface area contributed by atoms with Gasteiger partial charge in [0.1, 0.15) is 0 Å². The molecule has 128 valence electrons. The number of carbonyl (C=O) groups excluding carboxylic acids is 1. The van der Waals surface area contributed by atoms with E-state index in [9.17, 15) is 4.79 Å². The largest absolute Gasteiger partial charge is 0.326 e. The highest BCUT2D eigenvalue weighted by atomic mass is 16.1. The summed E-state index contributed by atoms with van der Waals surface area (Å²) in [6, 6.07) is 6.98. The van der Waals surface area contributed by atoms with Crippen LogP contribution in [0.3, 0.4) is 0 Å². The summed E-state index contributed by atoms with van der Waals surface area (Å²) in [7, 11) is 0. The number of benzene rings is 1. The van der Waals surface area contributed by atoms with Gasteiger partial charge < -0.3 is 10.6 Å². The standard InChI is InChI=1S/C20H32N2O/c1-14(2)17-10-7-11-18(15(3)4)20(17)22-19(23)12-13-21-16-8-5-6-9-16/h7,10-11,14-16,21H,5-6,8-9,12-13H2,1-4H3,(H,22,23). The number of anilines is 1. The molecule has 0 heterocycles. The minimum absolute atomic E-state index is 0.116. The minimum Gasteiger partial charge on any atom is -0.326 e. The van der Waals surface area contributed by atoms with Gasteiger partial charge in [-0.25, -0.2) is 0 Å². The van der Waals surface area contributed by atoms with Gasteiger partial charge in [0, 0.05) is 24.7 Å². The molecule has 0 saturated heterocycles. The zero-order valence-electron chi connectivity index (χ0n) is 15.1. The van der Waals surface area contributed by atoms with Crippen LogP contribution in [0.15, 0.2) is 18.2 Å². The Hall–Kier alpha value is -1.35. The van der Waals surface area contributed by atoms with Crippen LogP contribution in [0, 0.1) is 0 Å². The first kappa shape index (κ1) is 18.0. The van der Waals surface area contributed by atoms with E-state index in [4.69, 9.17) is 0 Å². The molecular weight excluding hydrogens is 284 g/mol. The molecule has 0 atom stereocenters. The zero-order valence-corrected chi connectivity index (χ0v) is 15.1. The van der Waals surface area contributed by atoms with Crippen LogP contribution in [-0.4, -0.2) is 18.5 Å². The molecule has 1 amide bonds. The van der Waals surface area contributed by atoms with E-state index >= 15 is 0 Å². The van der Waals surface area contributed by atoms with Crippen molar-refractivity contribution in [3.63, 3.8) is 0 Å². The Morgan fingerprint density at radius 2 is 1.65 bits per heavy atom. The molecule has 2 rings (SSSR count). The first-order chi connectivity index (χ1) is 11.0. The topological polar surface area (TPSA) is 41.1 Å². The lowest BCUT2D eigenvalue weighted by molar-refractivity contribution is -0.116. The molecule has 3 heteroatoms. The number of rotatable bonds is 7. The molecule has 0 radical (unpaired) electrons.